The third-order valence-corrected chi connectivity index (χ3v) is 4.21. The van der Waals surface area contributed by atoms with Crippen molar-refractivity contribution in [2.45, 2.75) is 12.6 Å². The molecule has 1 N–H and O–H groups in total. The molecule has 2 rings (SSSR count). The van der Waals surface area contributed by atoms with Gasteiger partial charge in [0, 0.05) is 7.11 Å². The van der Waals surface area contributed by atoms with Gasteiger partial charge >= 0.3 is 0 Å². The molecule has 7 heteroatoms. The van der Waals surface area contributed by atoms with Crippen molar-refractivity contribution in [3.63, 3.8) is 0 Å². The third kappa shape index (κ3) is 3.35. The maximum Gasteiger partial charge on any atom is 0.122 e. The minimum absolute atomic E-state index is 0.405. The molecule has 0 spiro atoms. The second-order valence-corrected chi connectivity index (χ2v) is 5.84. The topological polar surface area (TPSA) is 47.3 Å². The highest BCUT2D eigenvalue weighted by molar-refractivity contribution is 9.10. The van der Waals surface area contributed by atoms with Crippen molar-refractivity contribution in [3.05, 3.63) is 50.2 Å². The lowest BCUT2D eigenvalue weighted by Crippen LogP contribution is -2.13. The van der Waals surface area contributed by atoms with E-state index in [1.54, 1.807) is 36.2 Å². The Morgan fingerprint density at radius 3 is 2.80 bits per heavy atom. The first-order valence-electron chi connectivity index (χ1n) is 5.87. The van der Waals surface area contributed by atoms with E-state index in [-0.39, 0.29) is 0 Å². The lowest BCUT2D eigenvalue weighted by atomic mass is 10.1. The van der Waals surface area contributed by atoms with Crippen molar-refractivity contribution in [1.29, 1.82) is 0 Å². The SMILES string of the molecule is COCCn1ncc(Br)c1C(O)c1ccc(Cl)c(Cl)c1. The van der Waals surface area contributed by atoms with Crippen LogP contribution >= 0.6 is 39.1 Å². The van der Waals surface area contributed by atoms with E-state index in [4.69, 9.17) is 27.9 Å². The Labute approximate surface area is 135 Å². The number of methoxy groups -OCH3 is 1. The van der Waals surface area contributed by atoms with Crippen molar-refractivity contribution >= 4 is 39.1 Å². The van der Waals surface area contributed by atoms with E-state index in [2.05, 4.69) is 21.0 Å². The highest BCUT2D eigenvalue weighted by Crippen LogP contribution is 2.32. The zero-order valence-electron chi connectivity index (χ0n) is 10.7. The molecule has 0 saturated carbocycles. The van der Waals surface area contributed by atoms with Gasteiger partial charge in [0.15, 0.2) is 0 Å². The predicted octanol–water partition coefficient (Wildman–Crippen LogP) is 3.68. The van der Waals surface area contributed by atoms with Crippen molar-refractivity contribution in [1.82, 2.24) is 9.78 Å². The summed E-state index contributed by atoms with van der Waals surface area (Å²) in [5.74, 6) is 0. The number of hydrogen-bond donors (Lipinski definition) is 1. The molecule has 0 amide bonds. The first kappa shape index (κ1) is 15.8. The van der Waals surface area contributed by atoms with E-state index in [1.807, 2.05) is 0 Å². The summed E-state index contributed by atoms with van der Waals surface area (Å²) in [6.07, 6.45) is 0.796. The van der Waals surface area contributed by atoms with Crippen LogP contribution in [0.4, 0.5) is 0 Å². The summed E-state index contributed by atoms with van der Waals surface area (Å²) in [5.41, 5.74) is 1.31. The maximum atomic E-state index is 10.5. The minimum atomic E-state index is -0.849. The average Bonchev–Trinajstić information content (AvgIpc) is 2.80. The van der Waals surface area contributed by atoms with Crippen molar-refractivity contribution in [2.24, 2.45) is 0 Å². The van der Waals surface area contributed by atoms with Gasteiger partial charge in [0.1, 0.15) is 6.10 Å². The Bertz CT molecular complexity index is 604. The summed E-state index contributed by atoms with van der Waals surface area (Å²) in [6.45, 7) is 1.06. The fraction of sp³-hybridized carbons (Fsp3) is 0.308. The fourth-order valence-corrected chi connectivity index (χ4v) is 2.66. The number of aromatic nitrogens is 2. The second-order valence-electron chi connectivity index (χ2n) is 4.17. The molecule has 0 fully saturated rings. The lowest BCUT2D eigenvalue weighted by molar-refractivity contribution is 0.171. The van der Waals surface area contributed by atoms with Gasteiger partial charge < -0.3 is 9.84 Å². The Balaban J connectivity index is 2.34. The monoisotopic (exact) mass is 378 g/mol. The van der Waals surface area contributed by atoms with E-state index in [1.165, 1.54) is 0 Å². The van der Waals surface area contributed by atoms with Crippen LogP contribution in [0.25, 0.3) is 0 Å². The molecule has 0 saturated heterocycles. The number of ether oxygens (including phenoxy) is 1. The largest absolute Gasteiger partial charge is 0.383 e. The summed E-state index contributed by atoms with van der Waals surface area (Å²) in [5, 5.41) is 15.6. The molecular weight excluding hydrogens is 367 g/mol. The number of rotatable bonds is 5. The Kier molecular flexibility index (Phi) is 5.46. The zero-order valence-corrected chi connectivity index (χ0v) is 13.8. The first-order chi connectivity index (χ1) is 9.54. The quantitative estimate of drug-likeness (QED) is 0.861. The Morgan fingerprint density at radius 1 is 1.40 bits per heavy atom. The molecule has 108 valence electrons. The van der Waals surface area contributed by atoms with Gasteiger partial charge in [0.25, 0.3) is 0 Å². The van der Waals surface area contributed by atoms with Gasteiger partial charge in [-0.05, 0) is 33.6 Å². The standard InChI is InChI=1S/C13H13BrCl2N2O2/c1-20-5-4-18-12(9(14)7-17-18)13(19)8-2-3-10(15)11(16)6-8/h2-3,6-7,13,19H,4-5H2,1H3. The van der Waals surface area contributed by atoms with E-state index in [0.29, 0.717) is 34.5 Å². The Morgan fingerprint density at radius 2 is 2.15 bits per heavy atom. The molecule has 0 aliphatic carbocycles. The second kappa shape index (κ2) is 6.91. The molecule has 1 aromatic heterocycles. The number of benzene rings is 1. The zero-order chi connectivity index (χ0) is 14.7. The van der Waals surface area contributed by atoms with Crippen LogP contribution in [0.1, 0.15) is 17.4 Å². The summed E-state index contributed by atoms with van der Waals surface area (Å²) >= 11 is 15.3. The molecule has 0 bridgehead atoms. The molecular formula is C13H13BrCl2N2O2. The molecule has 4 nitrogen and oxygen atoms in total. The van der Waals surface area contributed by atoms with E-state index in [9.17, 15) is 5.11 Å². The van der Waals surface area contributed by atoms with Crippen molar-refractivity contribution in [2.75, 3.05) is 13.7 Å². The van der Waals surface area contributed by atoms with Crippen LogP contribution in [-0.2, 0) is 11.3 Å². The van der Waals surface area contributed by atoms with Crippen LogP contribution in [0.2, 0.25) is 10.0 Å². The smallest absolute Gasteiger partial charge is 0.122 e. The molecule has 1 heterocycles. The number of nitrogens with zero attached hydrogens (tertiary/aromatic N) is 2. The summed E-state index contributed by atoms with van der Waals surface area (Å²) in [4.78, 5) is 0. The van der Waals surface area contributed by atoms with Gasteiger partial charge in [0.05, 0.1) is 39.6 Å². The molecule has 0 radical (unpaired) electrons. The molecule has 0 aliphatic rings. The van der Waals surface area contributed by atoms with Crippen LogP contribution in [0.15, 0.2) is 28.9 Å². The Hall–Kier alpha value is -0.590. The lowest BCUT2D eigenvalue weighted by Gasteiger charge is -2.15. The molecule has 2 aromatic rings. The average molecular weight is 380 g/mol. The van der Waals surface area contributed by atoms with Gasteiger partial charge in [-0.25, -0.2) is 0 Å². The number of halogens is 3. The van der Waals surface area contributed by atoms with Crippen LogP contribution < -0.4 is 0 Å². The van der Waals surface area contributed by atoms with Crippen LogP contribution in [0.3, 0.4) is 0 Å². The van der Waals surface area contributed by atoms with Crippen LogP contribution in [0, 0.1) is 0 Å². The van der Waals surface area contributed by atoms with Gasteiger partial charge in [-0.1, -0.05) is 29.3 Å². The van der Waals surface area contributed by atoms with Crippen molar-refractivity contribution < 1.29 is 9.84 Å². The van der Waals surface area contributed by atoms with Gasteiger partial charge in [-0.3, -0.25) is 4.68 Å². The summed E-state index contributed by atoms with van der Waals surface area (Å²) in [7, 11) is 1.62. The predicted molar refractivity (Wildman–Crippen MR) is 82.3 cm³/mol. The highest BCUT2D eigenvalue weighted by atomic mass is 79.9. The third-order valence-electron chi connectivity index (χ3n) is 2.86. The van der Waals surface area contributed by atoms with Gasteiger partial charge in [-0.2, -0.15) is 5.10 Å². The van der Waals surface area contributed by atoms with Crippen LogP contribution in [0.5, 0.6) is 0 Å². The molecule has 1 unspecified atom stereocenters. The molecule has 20 heavy (non-hydrogen) atoms. The fourth-order valence-electron chi connectivity index (χ4n) is 1.84. The summed E-state index contributed by atoms with van der Waals surface area (Å²) < 4.78 is 7.46. The normalized spacial score (nSPS) is 12.7. The minimum Gasteiger partial charge on any atom is -0.383 e. The molecule has 0 aliphatic heterocycles. The number of hydrogen-bond acceptors (Lipinski definition) is 3. The van der Waals surface area contributed by atoms with E-state index < -0.39 is 6.10 Å². The maximum absolute atomic E-state index is 10.5. The molecule has 1 aromatic carbocycles. The van der Waals surface area contributed by atoms with E-state index >= 15 is 0 Å². The summed E-state index contributed by atoms with van der Waals surface area (Å²) in [6, 6.07) is 5.04. The van der Waals surface area contributed by atoms with Gasteiger partial charge in [-0.15, -0.1) is 0 Å². The van der Waals surface area contributed by atoms with E-state index in [0.717, 1.165) is 4.47 Å². The number of aliphatic hydroxyl groups excluding tert-OH is 1. The molecule has 1 atom stereocenters. The number of aliphatic hydroxyl groups is 1. The van der Waals surface area contributed by atoms with Gasteiger partial charge in [0.2, 0.25) is 0 Å². The highest BCUT2D eigenvalue weighted by Gasteiger charge is 2.20. The first-order valence-corrected chi connectivity index (χ1v) is 7.42. The van der Waals surface area contributed by atoms with Crippen LogP contribution in [-0.4, -0.2) is 28.6 Å². The van der Waals surface area contributed by atoms with Crippen molar-refractivity contribution in [3.8, 4) is 0 Å².